The minimum atomic E-state index is 0.153. The summed E-state index contributed by atoms with van der Waals surface area (Å²) in [5.41, 5.74) is 3.00. The molecule has 0 bridgehead atoms. The second-order valence-corrected chi connectivity index (χ2v) is 2.82. The molecule has 0 N–H and O–H groups in total. The van der Waals surface area contributed by atoms with Crippen LogP contribution in [0.25, 0.3) is 0 Å². The molecule has 1 heteroatoms. The zero-order valence-electron chi connectivity index (χ0n) is 11.1. The summed E-state index contributed by atoms with van der Waals surface area (Å²) in [7, 11) is 0. The summed E-state index contributed by atoms with van der Waals surface area (Å²) in [6.07, 6.45) is 0. The summed E-state index contributed by atoms with van der Waals surface area (Å²) in [6.45, 7) is 13.5. The number of ketones is 1. The number of benzene rings is 1. The Bertz CT molecular complexity index is 267. The van der Waals surface area contributed by atoms with Crippen molar-refractivity contribution in [3.05, 3.63) is 34.9 Å². The van der Waals surface area contributed by atoms with Crippen LogP contribution in [0.5, 0.6) is 0 Å². The molecule has 0 spiro atoms. The van der Waals surface area contributed by atoms with Crippen molar-refractivity contribution in [1.29, 1.82) is 0 Å². The van der Waals surface area contributed by atoms with Crippen LogP contribution < -0.4 is 0 Å². The maximum Gasteiger partial charge on any atom is 0.160 e. The molecule has 1 aromatic carbocycles. The van der Waals surface area contributed by atoms with Gasteiger partial charge in [0.25, 0.3) is 0 Å². The molecule has 0 aliphatic heterocycles. The average Bonchev–Trinajstić information content (AvgIpc) is 2.23. The first-order valence-corrected chi connectivity index (χ1v) is 5.70. The number of hydrogen-bond donors (Lipinski definition) is 0. The first-order valence-electron chi connectivity index (χ1n) is 5.70. The van der Waals surface area contributed by atoms with Crippen LogP contribution in [0.15, 0.2) is 18.2 Å². The fourth-order valence-corrected chi connectivity index (χ4v) is 1.37. The fraction of sp³-hybridized carbons (Fsp3) is 0.500. The molecule has 0 unspecified atom stereocenters. The van der Waals surface area contributed by atoms with Gasteiger partial charge in [-0.2, -0.15) is 0 Å². The predicted octanol–water partition coefficient (Wildman–Crippen LogP) is 4.56. The van der Waals surface area contributed by atoms with Gasteiger partial charge in [-0.25, -0.2) is 0 Å². The van der Waals surface area contributed by atoms with E-state index in [0.29, 0.717) is 0 Å². The highest BCUT2D eigenvalue weighted by Crippen LogP contribution is 2.12. The summed E-state index contributed by atoms with van der Waals surface area (Å²) in [5, 5.41) is 0. The molecule has 0 aliphatic rings. The molecular weight excluding hydrogens is 184 g/mol. The highest BCUT2D eigenvalue weighted by Gasteiger charge is 2.05. The SMILES string of the molecule is CC.CC.CC(=O)c1c(C)cccc1C. The van der Waals surface area contributed by atoms with Gasteiger partial charge in [-0.3, -0.25) is 4.79 Å². The molecule has 0 saturated heterocycles. The number of aryl methyl sites for hydroxylation is 2. The first kappa shape index (κ1) is 16.3. The van der Waals surface area contributed by atoms with Crippen LogP contribution in [0.2, 0.25) is 0 Å². The minimum Gasteiger partial charge on any atom is -0.294 e. The van der Waals surface area contributed by atoms with Crippen molar-refractivity contribution in [2.75, 3.05) is 0 Å². The second kappa shape index (κ2) is 9.45. The van der Waals surface area contributed by atoms with Crippen molar-refractivity contribution in [3.63, 3.8) is 0 Å². The summed E-state index contributed by atoms with van der Waals surface area (Å²) in [5.74, 6) is 0.153. The Morgan fingerprint density at radius 1 is 0.933 bits per heavy atom. The Kier molecular flexibility index (Phi) is 10.3. The van der Waals surface area contributed by atoms with E-state index in [9.17, 15) is 4.79 Å². The highest BCUT2D eigenvalue weighted by atomic mass is 16.1. The summed E-state index contributed by atoms with van der Waals surface area (Å²) in [6, 6.07) is 5.89. The van der Waals surface area contributed by atoms with E-state index in [4.69, 9.17) is 0 Å². The lowest BCUT2D eigenvalue weighted by atomic mass is 10.0. The molecule has 0 saturated carbocycles. The molecular formula is C14H24O. The summed E-state index contributed by atoms with van der Waals surface area (Å²) >= 11 is 0. The van der Waals surface area contributed by atoms with Gasteiger partial charge < -0.3 is 0 Å². The van der Waals surface area contributed by atoms with Crippen LogP contribution in [0.4, 0.5) is 0 Å². The topological polar surface area (TPSA) is 17.1 Å². The summed E-state index contributed by atoms with van der Waals surface area (Å²) < 4.78 is 0. The van der Waals surface area contributed by atoms with E-state index in [-0.39, 0.29) is 5.78 Å². The van der Waals surface area contributed by atoms with Crippen LogP contribution in [-0.2, 0) is 0 Å². The Labute approximate surface area is 94.5 Å². The minimum absolute atomic E-state index is 0.153. The quantitative estimate of drug-likeness (QED) is 0.618. The number of carbonyl (C=O) groups is 1. The Balaban J connectivity index is 0. The van der Waals surface area contributed by atoms with Gasteiger partial charge in [0.2, 0.25) is 0 Å². The molecule has 86 valence electrons. The molecule has 0 fully saturated rings. The fourth-order valence-electron chi connectivity index (χ4n) is 1.37. The Morgan fingerprint density at radius 3 is 1.47 bits per heavy atom. The molecule has 0 amide bonds. The van der Waals surface area contributed by atoms with Gasteiger partial charge >= 0.3 is 0 Å². The third-order valence-electron chi connectivity index (χ3n) is 1.83. The summed E-state index contributed by atoms with van der Waals surface area (Å²) in [4.78, 5) is 11.1. The Morgan fingerprint density at radius 2 is 1.27 bits per heavy atom. The van der Waals surface area contributed by atoms with E-state index in [1.165, 1.54) is 0 Å². The van der Waals surface area contributed by atoms with Gasteiger partial charge in [-0.15, -0.1) is 0 Å². The van der Waals surface area contributed by atoms with Gasteiger partial charge in [-0.1, -0.05) is 45.9 Å². The van der Waals surface area contributed by atoms with Crippen LogP contribution in [0, 0.1) is 13.8 Å². The molecule has 0 aromatic heterocycles. The van der Waals surface area contributed by atoms with Crippen LogP contribution in [0.1, 0.15) is 56.1 Å². The van der Waals surface area contributed by atoms with Crippen LogP contribution in [-0.4, -0.2) is 5.78 Å². The van der Waals surface area contributed by atoms with E-state index in [1.807, 2.05) is 59.7 Å². The third-order valence-corrected chi connectivity index (χ3v) is 1.83. The maximum absolute atomic E-state index is 11.1. The van der Waals surface area contributed by atoms with Gasteiger partial charge in [0.15, 0.2) is 5.78 Å². The van der Waals surface area contributed by atoms with E-state index in [0.717, 1.165) is 16.7 Å². The van der Waals surface area contributed by atoms with Crippen molar-refractivity contribution in [2.45, 2.75) is 48.5 Å². The van der Waals surface area contributed by atoms with Crippen molar-refractivity contribution in [1.82, 2.24) is 0 Å². The lowest BCUT2D eigenvalue weighted by molar-refractivity contribution is 0.101. The standard InChI is InChI=1S/C10H12O.2C2H6/c1-7-5-4-6-8(2)10(7)9(3)11;2*1-2/h4-6H,1-3H3;2*1-2H3. The van der Waals surface area contributed by atoms with Crippen LogP contribution in [0.3, 0.4) is 0 Å². The molecule has 0 heterocycles. The van der Waals surface area contributed by atoms with E-state index < -0.39 is 0 Å². The molecule has 1 rings (SSSR count). The highest BCUT2D eigenvalue weighted by molar-refractivity contribution is 5.96. The smallest absolute Gasteiger partial charge is 0.160 e. The molecule has 0 radical (unpaired) electrons. The van der Waals surface area contributed by atoms with Crippen molar-refractivity contribution in [3.8, 4) is 0 Å². The molecule has 1 nitrogen and oxygen atoms in total. The van der Waals surface area contributed by atoms with Crippen molar-refractivity contribution < 1.29 is 4.79 Å². The molecule has 0 aliphatic carbocycles. The average molecular weight is 208 g/mol. The number of Topliss-reactive ketones (excluding diaryl/α,β-unsaturated/α-hetero) is 1. The largest absolute Gasteiger partial charge is 0.294 e. The number of carbonyl (C=O) groups excluding carboxylic acids is 1. The molecule has 1 aromatic rings. The predicted molar refractivity (Wildman–Crippen MR) is 68.6 cm³/mol. The van der Waals surface area contributed by atoms with Gasteiger partial charge in [0.1, 0.15) is 0 Å². The monoisotopic (exact) mass is 208 g/mol. The van der Waals surface area contributed by atoms with Crippen molar-refractivity contribution >= 4 is 5.78 Å². The van der Waals surface area contributed by atoms with E-state index >= 15 is 0 Å². The van der Waals surface area contributed by atoms with Gasteiger partial charge in [-0.05, 0) is 31.9 Å². The molecule has 0 atom stereocenters. The van der Waals surface area contributed by atoms with Crippen LogP contribution >= 0.6 is 0 Å². The zero-order chi connectivity index (χ0) is 12.4. The second-order valence-electron chi connectivity index (χ2n) is 2.82. The molecule has 15 heavy (non-hydrogen) atoms. The van der Waals surface area contributed by atoms with E-state index in [2.05, 4.69) is 0 Å². The zero-order valence-corrected chi connectivity index (χ0v) is 11.1. The first-order chi connectivity index (χ1) is 7.13. The van der Waals surface area contributed by atoms with E-state index in [1.54, 1.807) is 6.92 Å². The van der Waals surface area contributed by atoms with Crippen molar-refractivity contribution in [2.24, 2.45) is 0 Å². The maximum atomic E-state index is 11.1. The number of rotatable bonds is 1. The normalized spacial score (nSPS) is 7.93. The Hall–Kier alpha value is -1.11. The third kappa shape index (κ3) is 5.36. The van der Waals surface area contributed by atoms with Gasteiger partial charge in [0, 0.05) is 5.56 Å². The lowest BCUT2D eigenvalue weighted by Gasteiger charge is -2.04. The van der Waals surface area contributed by atoms with Gasteiger partial charge in [0.05, 0.1) is 0 Å². The lowest BCUT2D eigenvalue weighted by Crippen LogP contribution is -1.98. The number of hydrogen-bond acceptors (Lipinski definition) is 1.